The van der Waals surface area contributed by atoms with Gasteiger partial charge in [0.25, 0.3) is 5.91 Å². The molecule has 0 fully saturated rings. The summed E-state index contributed by atoms with van der Waals surface area (Å²) in [5.74, 6) is -0.468. The summed E-state index contributed by atoms with van der Waals surface area (Å²) in [6, 6.07) is 5.63. The van der Waals surface area contributed by atoms with E-state index in [1.54, 1.807) is 16.7 Å². The molecule has 1 aliphatic heterocycles. The number of rotatable bonds is 7. The van der Waals surface area contributed by atoms with Crippen LogP contribution in [0.2, 0.25) is 5.02 Å². The molecule has 1 aromatic carbocycles. The zero-order valence-electron chi connectivity index (χ0n) is 18.5. The van der Waals surface area contributed by atoms with Crippen molar-refractivity contribution in [1.29, 1.82) is 0 Å². The Labute approximate surface area is 195 Å². The van der Waals surface area contributed by atoms with Gasteiger partial charge in [-0.05, 0) is 44.4 Å². The maximum absolute atomic E-state index is 15.2. The fourth-order valence-corrected chi connectivity index (χ4v) is 4.04. The molecule has 0 bridgehead atoms. The van der Waals surface area contributed by atoms with Crippen molar-refractivity contribution < 1.29 is 13.9 Å². The van der Waals surface area contributed by atoms with E-state index in [0.29, 0.717) is 18.8 Å². The molecular weight excluding hydrogens is 449 g/mol. The van der Waals surface area contributed by atoms with Crippen LogP contribution in [-0.4, -0.2) is 31.3 Å². The fraction of sp³-hybridized carbons (Fsp3) is 0.391. The molecule has 1 aliphatic rings. The van der Waals surface area contributed by atoms with Gasteiger partial charge >= 0.3 is 5.69 Å². The van der Waals surface area contributed by atoms with Gasteiger partial charge in [-0.2, -0.15) is 4.68 Å². The highest BCUT2D eigenvalue weighted by Gasteiger charge is 2.24. The van der Waals surface area contributed by atoms with Crippen molar-refractivity contribution in [3.8, 4) is 11.4 Å². The Kier molecular flexibility index (Phi) is 6.78. The topological polar surface area (TPSA) is 91.0 Å². The number of halogens is 2. The van der Waals surface area contributed by atoms with Gasteiger partial charge in [0, 0.05) is 25.2 Å². The highest BCUT2D eigenvalue weighted by atomic mass is 35.5. The first kappa shape index (κ1) is 23.0. The number of carbonyl (C=O) groups is 1. The zero-order valence-corrected chi connectivity index (χ0v) is 19.2. The van der Waals surface area contributed by atoms with Crippen molar-refractivity contribution in [2.24, 2.45) is 0 Å². The van der Waals surface area contributed by atoms with Crippen molar-refractivity contribution in [2.75, 3.05) is 5.32 Å². The molecule has 0 spiro atoms. The van der Waals surface area contributed by atoms with Crippen LogP contribution >= 0.6 is 11.6 Å². The minimum absolute atomic E-state index is 0.0297. The van der Waals surface area contributed by atoms with Gasteiger partial charge in [0.05, 0.1) is 16.7 Å². The standard InChI is InChI=1S/C23H25ClFN5O3/c1-3-7-14(2)33-19-13-18(30-23(32)29-11-5-4-9-20(29)28-30)17(25)12-15(19)22(31)27-21-16(24)8-6-10-26-21/h6,8,10,12-14H,3-5,7,9,11H2,1-2H3,(H,26,27,31). The summed E-state index contributed by atoms with van der Waals surface area (Å²) in [6.07, 6.45) is 5.32. The second-order valence-electron chi connectivity index (χ2n) is 8.02. The first-order valence-corrected chi connectivity index (χ1v) is 11.4. The van der Waals surface area contributed by atoms with Gasteiger partial charge in [-0.25, -0.2) is 14.2 Å². The monoisotopic (exact) mass is 473 g/mol. The SMILES string of the molecule is CCCC(C)Oc1cc(-n2nc3n(c2=O)CCCC3)c(F)cc1C(=O)Nc1ncccc1Cl. The maximum Gasteiger partial charge on any atom is 0.350 e. The van der Waals surface area contributed by atoms with Gasteiger partial charge < -0.3 is 10.1 Å². The molecule has 0 saturated carbocycles. The van der Waals surface area contributed by atoms with E-state index in [4.69, 9.17) is 16.3 Å². The second-order valence-corrected chi connectivity index (χ2v) is 8.43. The molecule has 8 nitrogen and oxygen atoms in total. The smallest absolute Gasteiger partial charge is 0.350 e. The number of nitrogens with one attached hydrogen (secondary N) is 1. The number of pyridine rings is 1. The van der Waals surface area contributed by atoms with Crippen molar-refractivity contribution in [3.63, 3.8) is 0 Å². The molecule has 1 N–H and O–H groups in total. The van der Waals surface area contributed by atoms with Gasteiger partial charge in [-0.15, -0.1) is 5.10 Å². The number of anilines is 1. The van der Waals surface area contributed by atoms with Crippen molar-refractivity contribution in [3.05, 3.63) is 63.2 Å². The third kappa shape index (κ3) is 4.78. The molecule has 4 rings (SSSR count). The van der Waals surface area contributed by atoms with E-state index in [9.17, 15) is 9.59 Å². The molecule has 3 heterocycles. The molecule has 2 aromatic heterocycles. The number of aromatic nitrogens is 4. The number of amides is 1. The molecule has 0 saturated heterocycles. The quantitative estimate of drug-likeness (QED) is 0.550. The lowest BCUT2D eigenvalue weighted by molar-refractivity contribution is 0.101. The van der Waals surface area contributed by atoms with E-state index in [-0.39, 0.29) is 33.9 Å². The van der Waals surface area contributed by atoms with E-state index in [0.717, 1.165) is 36.4 Å². The van der Waals surface area contributed by atoms with Crippen LogP contribution in [-0.2, 0) is 13.0 Å². The summed E-state index contributed by atoms with van der Waals surface area (Å²) >= 11 is 6.09. The number of fused-ring (bicyclic) bond motifs is 1. The van der Waals surface area contributed by atoms with Crippen LogP contribution in [0.15, 0.2) is 35.3 Å². The summed E-state index contributed by atoms with van der Waals surface area (Å²) in [4.78, 5) is 29.9. The minimum atomic E-state index is -0.764. The number of hydrogen-bond donors (Lipinski definition) is 1. The number of ether oxygens (including phenoxy) is 1. The van der Waals surface area contributed by atoms with Gasteiger partial charge in [-0.3, -0.25) is 9.36 Å². The fourth-order valence-electron chi connectivity index (χ4n) is 3.87. The van der Waals surface area contributed by atoms with Crippen molar-refractivity contribution in [2.45, 2.75) is 58.6 Å². The van der Waals surface area contributed by atoms with Crippen LogP contribution in [0.5, 0.6) is 5.75 Å². The Hall–Kier alpha value is -3.20. The number of benzene rings is 1. The van der Waals surface area contributed by atoms with Crippen LogP contribution in [0.3, 0.4) is 0 Å². The van der Waals surface area contributed by atoms with Crippen molar-refractivity contribution in [1.82, 2.24) is 19.3 Å². The number of carbonyl (C=O) groups excluding carboxylic acids is 1. The van der Waals surface area contributed by atoms with Crippen LogP contribution in [0, 0.1) is 5.82 Å². The average Bonchev–Trinajstić information content (AvgIpc) is 3.13. The summed E-state index contributed by atoms with van der Waals surface area (Å²) in [5, 5.41) is 7.18. The van der Waals surface area contributed by atoms with Crippen LogP contribution in [0.25, 0.3) is 5.69 Å². The molecule has 33 heavy (non-hydrogen) atoms. The number of aryl methyl sites for hydroxylation is 1. The Balaban J connectivity index is 1.76. The van der Waals surface area contributed by atoms with Gasteiger partial charge in [0.2, 0.25) is 0 Å². The minimum Gasteiger partial charge on any atom is -0.490 e. The third-order valence-corrected chi connectivity index (χ3v) is 5.81. The first-order valence-electron chi connectivity index (χ1n) is 11.0. The van der Waals surface area contributed by atoms with Gasteiger partial charge in [0.15, 0.2) is 5.82 Å². The Bertz CT molecular complexity index is 1240. The molecule has 3 aromatic rings. The molecule has 1 unspecified atom stereocenters. The van der Waals surface area contributed by atoms with Gasteiger partial charge in [-0.1, -0.05) is 24.9 Å². The number of nitrogens with zero attached hydrogens (tertiary/aromatic N) is 4. The second kappa shape index (κ2) is 9.74. The van der Waals surface area contributed by atoms with Crippen molar-refractivity contribution >= 4 is 23.3 Å². The molecule has 0 radical (unpaired) electrons. The molecular formula is C23H25ClFN5O3. The van der Waals surface area contributed by atoms with E-state index < -0.39 is 17.4 Å². The Morgan fingerprint density at radius 2 is 2.18 bits per heavy atom. The Morgan fingerprint density at radius 3 is 2.91 bits per heavy atom. The molecule has 0 aliphatic carbocycles. The molecule has 1 atom stereocenters. The van der Waals surface area contributed by atoms with Crippen LogP contribution < -0.4 is 15.7 Å². The summed E-state index contributed by atoms with van der Waals surface area (Å²) in [7, 11) is 0. The largest absolute Gasteiger partial charge is 0.490 e. The van der Waals surface area contributed by atoms with Crippen LogP contribution in [0.4, 0.5) is 10.2 Å². The lowest BCUT2D eigenvalue weighted by Crippen LogP contribution is -2.27. The highest BCUT2D eigenvalue weighted by Crippen LogP contribution is 2.29. The molecule has 174 valence electrons. The maximum atomic E-state index is 15.2. The zero-order chi connectivity index (χ0) is 23.5. The first-order chi connectivity index (χ1) is 15.9. The predicted molar refractivity (Wildman–Crippen MR) is 123 cm³/mol. The van der Waals surface area contributed by atoms with Crippen LogP contribution in [0.1, 0.15) is 55.7 Å². The molecule has 10 heteroatoms. The van der Waals surface area contributed by atoms with Gasteiger partial charge in [0.1, 0.15) is 23.1 Å². The summed E-state index contributed by atoms with van der Waals surface area (Å²) in [5.41, 5.74) is -0.500. The van der Waals surface area contributed by atoms with E-state index in [2.05, 4.69) is 15.4 Å². The van der Waals surface area contributed by atoms with E-state index >= 15 is 4.39 Å². The number of hydrogen-bond acceptors (Lipinski definition) is 5. The predicted octanol–water partition coefficient (Wildman–Crippen LogP) is 4.38. The van der Waals surface area contributed by atoms with E-state index in [1.165, 1.54) is 12.3 Å². The molecule has 1 amide bonds. The van der Waals surface area contributed by atoms with E-state index in [1.807, 2.05) is 13.8 Å². The lowest BCUT2D eigenvalue weighted by atomic mass is 10.1. The lowest BCUT2D eigenvalue weighted by Gasteiger charge is -2.18. The Morgan fingerprint density at radius 1 is 1.36 bits per heavy atom. The third-order valence-electron chi connectivity index (χ3n) is 5.51. The highest BCUT2D eigenvalue weighted by molar-refractivity contribution is 6.33. The normalized spacial score (nSPS) is 13.9. The average molecular weight is 474 g/mol. The summed E-state index contributed by atoms with van der Waals surface area (Å²) in [6.45, 7) is 4.44. The summed E-state index contributed by atoms with van der Waals surface area (Å²) < 4.78 is 23.8.